The number of terminal acetylenes is 1. The van der Waals surface area contributed by atoms with Crippen LogP contribution in [0.4, 0.5) is 0 Å². The maximum atomic E-state index is 11.7. The highest BCUT2D eigenvalue weighted by atomic mass is 32.2. The molecule has 1 heterocycles. The molecule has 3 rings (SSSR count). The van der Waals surface area contributed by atoms with Gasteiger partial charge in [0.05, 0.1) is 4.90 Å². The Labute approximate surface area is 267 Å². The van der Waals surface area contributed by atoms with Crippen molar-refractivity contribution in [3.8, 4) is 23.5 Å². The number of benzene rings is 2. The van der Waals surface area contributed by atoms with Crippen molar-refractivity contribution in [1.29, 1.82) is 0 Å². The van der Waals surface area contributed by atoms with Crippen LogP contribution in [0.5, 0.6) is 0 Å². The molecule has 2 aromatic carbocycles. The van der Waals surface area contributed by atoms with Crippen LogP contribution in [0.25, 0.3) is 11.1 Å². The number of nitrogens with zero attached hydrogens (tertiary/aromatic N) is 3. The van der Waals surface area contributed by atoms with Crippen LogP contribution >= 0.6 is 0 Å². The molecule has 246 valence electrons. The van der Waals surface area contributed by atoms with Gasteiger partial charge in [-0.25, -0.2) is 17.9 Å². The Morgan fingerprint density at radius 2 is 1.52 bits per heavy atom. The van der Waals surface area contributed by atoms with Crippen LogP contribution in [0.3, 0.4) is 0 Å². The van der Waals surface area contributed by atoms with E-state index < -0.39 is 15.8 Å². The molecule has 1 N–H and O–H groups in total. The van der Waals surface area contributed by atoms with E-state index in [0.717, 1.165) is 41.9 Å². The van der Waals surface area contributed by atoms with Crippen molar-refractivity contribution in [2.45, 2.75) is 94.0 Å². The molecule has 0 fully saturated rings. The van der Waals surface area contributed by atoms with Gasteiger partial charge in [0, 0.05) is 25.9 Å². The fourth-order valence-corrected chi connectivity index (χ4v) is 4.15. The maximum Gasteiger partial charge on any atom is 0.356 e. The number of hydrogen-bond donors (Lipinski definition) is 1. The fourth-order valence-electron chi connectivity index (χ4n) is 3.48. The van der Waals surface area contributed by atoms with Crippen molar-refractivity contribution in [3.05, 3.63) is 71.5 Å². The lowest BCUT2D eigenvalue weighted by Gasteiger charge is -2.21. The predicted molar refractivity (Wildman–Crippen MR) is 185 cm³/mol. The van der Waals surface area contributed by atoms with Gasteiger partial charge in [-0.2, -0.15) is 5.10 Å². The van der Waals surface area contributed by atoms with E-state index in [0.29, 0.717) is 4.90 Å². The Bertz CT molecular complexity index is 1340. The first-order valence-corrected chi connectivity index (χ1v) is 17.1. The Morgan fingerprint density at radius 3 is 1.91 bits per heavy atom. The van der Waals surface area contributed by atoms with Gasteiger partial charge in [-0.3, -0.25) is 9.69 Å². The summed E-state index contributed by atoms with van der Waals surface area (Å²) in [5, 5.41) is 11.9. The van der Waals surface area contributed by atoms with Crippen molar-refractivity contribution in [2.24, 2.45) is 0 Å². The van der Waals surface area contributed by atoms with E-state index in [-0.39, 0.29) is 11.6 Å². The smallest absolute Gasteiger partial charge is 0.356 e. The molecule has 9 heteroatoms. The molecule has 44 heavy (non-hydrogen) atoms. The third-order valence-corrected chi connectivity index (χ3v) is 6.56. The largest absolute Gasteiger partial charge is 0.476 e. The zero-order valence-electron chi connectivity index (χ0n) is 28.9. The van der Waals surface area contributed by atoms with Crippen molar-refractivity contribution in [2.75, 3.05) is 19.3 Å². The molecule has 1 aromatic heterocycles. The first-order valence-electron chi connectivity index (χ1n) is 15.2. The van der Waals surface area contributed by atoms with E-state index >= 15 is 0 Å². The fraction of sp³-hybridized carbons (Fsp3) is 0.457. The number of rotatable bonds is 8. The molecule has 0 unspecified atom stereocenters. The SMILES string of the molecule is C#CC.CC.CC.CC.CC(=O)n1ccc(C(=O)O)n1.CCCN(CC)Cc1ccc(-c2cccc(S(C)(=O)=O)c2)cc1C. The normalized spacial score (nSPS) is 9.45. The van der Waals surface area contributed by atoms with Crippen LogP contribution in [0, 0.1) is 19.3 Å². The van der Waals surface area contributed by atoms with Crippen molar-refractivity contribution < 1.29 is 23.1 Å². The van der Waals surface area contributed by atoms with Gasteiger partial charge in [0.25, 0.3) is 0 Å². The molecule has 0 bridgehead atoms. The number of aromatic nitrogens is 2. The summed E-state index contributed by atoms with van der Waals surface area (Å²) in [5.41, 5.74) is 4.44. The Morgan fingerprint density at radius 1 is 0.977 bits per heavy atom. The van der Waals surface area contributed by atoms with Crippen molar-refractivity contribution in [1.82, 2.24) is 14.7 Å². The Hall–Kier alpha value is -3.74. The molecule has 0 aliphatic carbocycles. The number of hydrogen-bond acceptors (Lipinski definition) is 6. The van der Waals surface area contributed by atoms with Crippen LogP contribution in [0.2, 0.25) is 0 Å². The van der Waals surface area contributed by atoms with E-state index in [9.17, 15) is 18.0 Å². The van der Waals surface area contributed by atoms with Crippen LogP contribution in [-0.4, -0.2) is 59.4 Å². The zero-order valence-corrected chi connectivity index (χ0v) is 29.7. The first kappa shape index (κ1) is 44.7. The molecule has 0 aliphatic heterocycles. The summed E-state index contributed by atoms with van der Waals surface area (Å²) in [6.07, 6.45) is 8.31. The minimum absolute atomic E-state index is 0.125. The third-order valence-electron chi connectivity index (χ3n) is 5.45. The van der Waals surface area contributed by atoms with E-state index in [1.54, 1.807) is 25.1 Å². The van der Waals surface area contributed by atoms with Crippen molar-refractivity contribution in [3.63, 3.8) is 0 Å². The van der Waals surface area contributed by atoms with E-state index in [1.165, 1.54) is 36.6 Å². The Balaban J connectivity index is -0.000000698. The highest BCUT2D eigenvalue weighted by Gasteiger charge is 2.10. The summed E-state index contributed by atoms with van der Waals surface area (Å²) in [5.74, 6) is 0.808. The van der Waals surface area contributed by atoms with Gasteiger partial charge < -0.3 is 5.11 Å². The average molecular weight is 630 g/mol. The molecule has 0 saturated heterocycles. The van der Waals surface area contributed by atoms with Gasteiger partial charge in [0.15, 0.2) is 15.5 Å². The van der Waals surface area contributed by atoms with Gasteiger partial charge in [-0.15, -0.1) is 12.3 Å². The standard InChI is InChI=1S/C20H27NO2S.C6H6N2O3.C3H4.3C2H6/c1-5-12-21(6-2)15-19-11-10-18(13-16(19)3)17-8-7-9-20(14-17)24(4,22)23;1-4(9)8-3-2-5(7-8)6(10)11;1-3-2;3*1-2/h7-11,13-14H,5-6,12,15H2,1-4H3;2-3H,1H3,(H,10,11);1H,2H3;3*1-2H3. The summed E-state index contributed by atoms with van der Waals surface area (Å²) in [4.78, 5) is 23.6. The van der Waals surface area contributed by atoms with Gasteiger partial charge >= 0.3 is 5.97 Å². The monoisotopic (exact) mass is 629 g/mol. The molecule has 8 nitrogen and oxygen atoms in total. The summed E-state index contributed by atoms with van der Waals surface area (Å²) >= 11 is 0. The molecule has 0 radical (unpaired) electrons. The van der Waals surface area contributed by atoms with E-state index in [2.05, 4.69) is 61.3 Å². The summed E-state index contributed by atoms with van der Waals surface area (Å²) in [6, 6.07) is 14.8. The lowest BCUT2D eigenvalue weighted by molar-refractivity contribution is 0.0689. The van der Waals surface area contributed by atoms with Crippen LogP contribution in [-0.2, 0) is 16.4 Å². The molecule has 3 aromatic rings. The number of aromatic carboxylic acids is 1. The number of carbonyl (C=O) groups is 2. The molecule has 0 spiro atoms. The minimum Gasteiger partial charge on any atom is -0.476 e. The van der Waals surface area contributed by atoms with Gasteiger partial charge in [-0.05, 0) is 73.8 Å². The highest BCUT2D eigenvalue weighted by Crippen LogP contribution is 2.25. The molecular formula is C35H55N3O5S. The number of sulfone groups is 1. The second-order valence-electron chi connectivity index (χ2n) is 8.57. The second kappa shape index (κ2) is 25.7. The molecule has 0 aliphatic rings. The van der Waals surface area contributed by atoms with Crippen LogP contribution < -0.4 is 0 Å². The summed E-state index contributed by atoms with van der Waals surface area (Å²) < 4.78 is 24.5. The predicted octanol–water partition coefficient (Wildman–Crippen LogP) is 8.26. The van der Waals surface area contributed by atoms with Crippen LogP contribution in [0.1, 0.15) is 102 Å². The topological polar surface area (TPSA) is 110 Å². The minimum atomic E-state index is -3.18. The molecule has 0 atom stereocenters. The highest BCUT2D eigenvalue weighted by molar-refractivity contribution is 7.90. The summed E-state index contributed by atoms with van der Waals surface area (Å²) in [7, 11) is -3.18. The van der Waals surface area contributed by atoms with E-state index in [4.69, 9.17) is 5.11 Å². The van der Waals surface area contributed by atoms with Gasteiger partial charge in [0.2, 0.25) is 5.91 Å². The number of carbonyl (C=O) groups excluding carboxylic acids is 1. The summed E-state index contributed by atoms with van der Waals surface area (Å²) in [6.45, 7) is 24.6. The number of carboxylic acids is 1. The molecule has 0 amide bonds. The van der Waals surface area contributed by atoms with Gasteiger partial charge in [0.1, 0.15) is 0 Å². The lowest BCUT2D eigenvalue weighted by atomic mass is 9.99. The Kier molecular flexibility index (Phi) is 26.1. The quantitative estimate of drug-likeness (QED) is 0.250. The van der Waals surface area contributed by atoms with Crippen LogP contribution in [0.15, 0.2) is 59.6 Å². The van der Waals surface area contributed by atoms with Crippen molar-refractivity contribution >= 4 is 21.7 Å². The van der Waals surface area contributed by atoms with E-state index in [1.807, 2.05) is 47.6 Å². The average Bonchev–Trinajstić information content (AvgIpc) is 3.53. The van der Waals surface area contributed by atoms with Gasteiger partial charge in [-0.1, -0.05) is 85.7 Å². The maximum absolute atomic E-state index is 11.7. The number of aryl methyl sites for hydroxylation is 1. The zero-order chi connectivity index (χ0) is 34.9. The molecule has 0 saturated carbocycles. The second-order valence-corrected chi connectivity index (χ2v) is 10.6. The number of carboxylic acid groups (broad SMARTS) is 1. The first-order chi connectivity index (χ1) is 20.9. The lowest BCUT2D eigenvalue weighted by Crippen LogP contribution is -2.23. The molecular weight excluding hydrogens is 574 g/mol. The third kappa shape index (κ3) is 17.4.